The van der Waals surface area contributed by atoms with Gasteiger partial charge in [0.2, 0.25) is 5.91 Å². The molecule has 22 heavy (non-hydrogen) atoms. The largest absolute Gasteiger partial charge is 0.374 e. The van der Waals surface area contributed by atoms with Crippen LogP contribution < -0.4 is 5.32 Å². The van der Waals surface area contributed by atoms with E-state index in [0.29, 0.717) is 11.3 Å². The SMILES string of the molecule is CC(=O)/C=C(\CC(=O)NC(=O)c1ccccc1)N1CCCC1. The van der Waals surface area contributed by atoms with Crippen LogP contribution in [0.4, 0.5) is 0 Å². The molecule has 0 aromatic heterocycles. The zero-order valence-corrected chi connectivity index (χ0v) is 12.7. The van der Waals surface area contributed by atoms with Gasteiger partial charge in [-0.15, -0.1) is 0 Å². The van der Waals surface area contributed by atoms with E-state index in [1.54, 1.807) is 30.3 Å². The van der Waals surface area contributed by atoms with Gasteiger partial charge < -0.3 is 4.90 Å². The van der Waals surface area contributed by atoms with E-state index in [1.807, 2.05) is 4.90 Å². The van der Waals surface area contributed by atoms with Gasteiger partial charge in [-0.05, 0) is 31.9 Å². The van der Waals surface area contributed by atoms with Crippen molar-refractivity contribution < 1.29 is 14.4 Å². The Bertz CT molecular complexity index is 587. The third kappa shape index (κ3) is 4.55. The van der Waals surface area contributed by atoms with Crippen LogP contribution in [-0.4, -0.2) is 35.6 Å². The Morgan fingerprint density at radius 1 is 1.14 bits per heavy atom. The third-order valence-electron chi connectivity index (χ3n) is 3.51. The summed E-state index contributed by atoms with van der Waals surface area (Å²) in [5.74, 6) is -0.911. The summed E-state index contributed by atoms with van der Waals surface area (Å²) in [6.07, 6.45) is 3.63. The Labute approximate surface area is 130 Å². The molecular formula is C17H20N2O3. The smallest absolute Gasteiger partial charge is 0.257 e. The number of benzene rings is 1. The monoisotopic (exact) mass is 300 g/mol. The maximum absolute atomic E-state index is 12.1. The summed E-state index contributed by atoms with van der Waals surface area (Å²) in [6, 6.07) is 8.58. The molecule has 0 aliphatic carbocycles. The second-order valence-electron chi connectivity index (χ2n) is 5.36. The second kappa shape index (κ2) is 7.54. The highest BCUT2D eigenvalue weighted by Gasteiger charge is 2.19. The number of nitrogens with one attached hydrogen (secondary N) is 1. The van der Waals surface area contributed by atoms with Gasteiger partial charge in [-0.1, -0.05) is 18.2 Å². The minimum Gasteiger partial charge on any atom is -0.374 e. The highest BCUT2D eigenvalue weighted by Crippen LogP contribution is 2.17. The van der Waals surface area contributed by atoms with Crippen LogP contribution in [-0.2, 0) is 9.59 Å². The summed E-state index contributed by atoms with van der Waals surface area (Å²) in [5, 5.41) is 2.37. The van der Waals surface area contributed by atoms with Gasteiger partial charge in [-0.3, -0.25) is 19.7 Å². The van der Waals surface area contributed by atoms with Crippen LogP contribution in [0.5, 0.6) is 0 Å². The lowest BCUT2D eigenvalue weighted by Gasteiger charge is -2.21. The van der Waals surface area contributed by atoms with Crippen LogP contribution in [0.2, 0.25) is 0 Å². The molecule has 116 valence electrons. The predicted octanol–water partition coefficient (Wildman–Crippen LogP) is 1.90. The molecule has 0 spiro atoms. The summed E-state index contributed by atoms with van der Waals surface area (Å²) < 4.78 is 0. The minimum atomic E-state index is -0.422. The van der Waals surface area contributed by atoms with Crippen molar-refractivity contribution in [2.45, 2.75) is 26.2 Å². The Morgan fingerprint density at radius 3 is 2.36 bits per heavy atom. The Kier molecular flexibility index (Phi) is 5.47. The molecule has 1 aliphatic rings. The molecule has 0 saturated carbocycles. The molecule has 0 radical (unpaired) electrons. The minimum absolute atomic E-state index is 0.0398. The molecule has 0 atom stereocenters. The molecule has 2 amide bonds. The summed E-state index contributed by atoms with van der Waals surface area (Å²) in [4.78, 5) is 37.4. The Hall–Kier alpha value is -2.43. The first kappa shape index (κ1) is 15.9. The number of carbonyl (C=O) groups excluding carboxylic acids is 3. The summed E-state index contributed by atoms with van der Waals surface area (Å²) in [6.45, 7) is 3.15. The van der Waals surface area contributed by atoms with Crippen molar-refractivity contribution in [1.29, 1.82) is 0 Å². The van der Waals surface area contributed by atoms with Gasteiger partial charge in [0.15, 0.2) is 5.78 Å². The van der Waals surface area contributed by atoms with E-state index in [9.17, 15) is 14.4 Å². The summed E-state index contributed by atoms with van der Waals surface area (Å²) in [7, 11) is 0. The van der Waals surface area contributed by atoms with E-state index in [-0.39, 0.29) is 12.2 Å². The van der Waals surface area contributed by atoms with Crippen LogP contribution in [0.25, 0.3) is 0 Å². The molecule has 1 aromatic rings. The lowest BCUT2D eigenvalue weighted by atomic mass is 10.2. The quantitative estimate of drug-likeness (QED) is 0.843. The van der Waals surface area contributed by atoms with Crippen molar-refractivity contribution in [3.63, 3.8) is 0 Å². The average Bonchev–Trinajstić information content (AvgIpc) is 3.01. The van der Waals surface area contributed by atoms with Crippen molar-refractivity contribution in [2.24, 2.45) is 0 Å². The molecular weight excluding hydrogens is 280 g/mol. The maximum atomic E-state index is 12.1. The number of imide groups is 1. The van der Waals surface area contributed by atoms with Crippen molar-refractivity contribution >= 4 is 17.6 Å². The van der Waals surface area contributed by atoms with Crippen molar-refractivity contribution in [1.82, 2.24) is 10.2 Å². The molecule has 5 heteroatoms. The van der Waals surface area contributed by atoms with Gasteiger partial charge in [0.25, 0.3) is 5.91 Å². The van der Waals surface area contributed by atoms with Gasteiger partial charge in [-0.25, -0.2) is 0 Å². The zero-order chi connectivity index (χ0) is 15.9. The first-order chi connectivity index (χ1) is 10.6. The first-order valence-corrected chi connectivity index (χ1v) is 7.41. The van der Waals surface area contributed by atoms with E-state index in [1.165, 1.54) is 13.0 Å². The van der Waals surface area contributed by atoms with E-state index in [0.717, 1.165) is 25.9 Å². The second-order valence-corrected chi connectivity index (χ2v) is 5.36. The predicted molar refractivity (Wildman–Crippen MR) is 83.1 cm³/mol. The topological polar surface area (TPSA) is 66.5 Å². The number of rotatable bonds is 5. The Morgan fingerprint density at radius 2 is 1.77 bits per heavy atom. The van der Waals surface area contributed by atoms with Crippen LogP contribution >= 0.6 is 0 Å². The summed E-state index contributed by atoms with van der Waals surface area (Å²) in [5.41, 5.74) is 1.12. The molecule has 1 fully saturated rings. The van der Waals surface area contributed by atoms with Gasteiger partial charge >= 0.3 is 0 Å². The van der Waals surface area contributed by atoms with Crippen molar-refractivity contribution in [3.8, 4) is 0 Å². The molecule has 1 N–H and O–H groups in total. The molecule has 1 heterocycles. The molecule has 0 bridgehead atoms. The van der Waals surface area contributed by atoms with Crippen LogP contribution in [0, 0.1) is 0 Å². The van der Waals surface area contributed by atoms with Crippen molar-refractivity contribution in [3.05, 3.63) is 47.7 Å². The normalized spacial score (nSPS) is 14.8. The number of amides is 2. The average molecular weight is 300 g/mol. The van der Waals surface area contributed by atoms with Gasteiger partial charge in [-0.2, -0.15) is 0 Å². The number of ketones is 1. The fourth-order valence-electron chi connectivity index (χ4n) is 2.49. The van der Waals surface area contributed by atoms with E-state index in [2.05, 4.69) is 5.32 Å². The molecule has 0 unspecified atom stereocenters. The van der Waals surface area contributed by atoms with E-state index >= 15 is 0 Å². The summed E-state index contributed by atoms with van der Waals surface area (Å²) >= 11 is 0. The van der Waals surface area contributed by atoms with Crippen molar-refractivity contribution in [2.75, 3.05) is 13.1 Å². The fourth-order valence-corrected chi connectivity index (χ4v) is 2.49. The highest BCUT2D eigenvalue weighted by molar-refractivity contribution is 6.05. The third-order valence-corrected chi connectivity index (χ3v) is 3.51. The van der Waals surface area contributed by atoms with Gasteiger partial charge in [0.05, 0.1) is 6.42 Å². The van der Waals surface area contributed by atoms with E-state index < -0.39 is 11.8 Å². The van der Waals surface area contributed by atoms with Crippen LogP contribution in [0.3, 0.4) is 0 Å². The molecule has 1 saturated heterocycles. The zero-order valence-electron chi connectivity index (χ0n) is 12.7. The number of allylic oxidation sites excluding steroid dienone is 1. The lowest BCUT2D eigenvalue weighted by Crippen LogP contribution is -2.33. The standard InChI is InChI=1S/C17H20N2O3/c1-13(20)11-15(19-9-5-6-10-19)12-16(21)18-17(22)14-7-3-2-4-8-14/h2-4,7-8,11H,5-6,9-10,12H2,1H3,(H,18,21,22)/b15-11+. The lowest BCUT2D eigenvalue weighted by molar-refractivity contribution is -0.119. The van der Waals surface area contributed by atoms with Gasteiger partial charge in [0, 0.05) is 30.4 Å². The molecule has 1 aliphatic heterocycles. The number of carbonyl (C=O) groups is 3. The van der Waals surface area contributed by atoms with Crippen LogP contribution in [0.15, 0.2) is 42.1 Å². The van der Waals surface area contributed by atoms with Crippen LogP contribution in [0.1, 0.15) is 36.5 Å². The maximum Gasteiger partial charge on any atom is 0.257 e. The highest BCUT2D eigenvalue weighted by atomic mass is 16.2. The Balaban J connectivity index is 1.99. The molecule has 1 aromatic carbocycles. The molecule has 5 nitrogen and oxygen atoms in total. The van der Waals surface area contributed by atoms with E-state index in [4.69, 9.17) is 0 Å². The fraction of sp³-hybridized carbons (Fsp3) is 0.353. The number of hydrogen-bond donors (Lipinski definition) is 1. The number of hydrogen-bond acceptors (Lipinski definition) is 4. The van der Waals surface area contributed by atoms with Gasteiger partial charge in [0.1, 0.15) is 0 Å². The number of nitrogens with zero attached hydrogens (tertiary/aromatic N) is 1. The first-order valence-electron chi connectivity index (χ1n) is 7.41. The number of likely N-dealkylation sites (tertiary alicyclic amines) is 1. The molecule has 2 rings (SSSR count).